The number of aryl methyl sites for hydroxylation is 1. The third-order valence-corrected chi connectivity index (χ3v) is 5.35. The van der Waals surface area contributed by atoms with Crippen molar-refractivity contribution in [3.05, 3.63) is 72.2 Å². The standard InChI is InChI=1S/C22H25FN4/c1-2-27-14-12-24-22(27)16-26-13-6-7-17(15-26)20-10-5-11-21(25-20)18-8-3-4-9-19(18)23/h3-5,8-12,14,17H,2,6-7,13,15-16H2,1H3. The number of aromatic nitrogens is 3. The summed E-state index contributed by atoms with van der Waals surface area (Å²) in [5.74, 6) is 1.26. The Morgan fingerprint density at radius 1 is 1.15 bits per heavy atom. The molecule has 0 radical (unpaired) electrons. The average Bonchev–Trinajstić information content (AvgIpc) is 3.16. The predicted octanol–water partition coefficient (Wildman–Crippen LogP) is 4.48. The first-order valence-corrected chi connectivity index (χ1v) is 9.69. The summed E-state index contributed by atoms with van der Waals surface area (Å²) in [5, 5.41) is 0. The fourth-order valence-electron chi connectivity index (χ4n) is 3.92. The largest absolute Gasteiger partial charge is 0.334 e. The van der Waals surface area contributed by atoms with Crippen molar-refractivity contribution < 1.29 is 4.39 Å². The number of likely N-dealkylation sites (tertiary alicyclic amines) is 1. The van der Waals surface area contributed by atoms with Crippen molar-refractivity contribution in [2.75, 3.05) is 13.1 Å². The van der Waals surface area contributed by atoms with Crippen LogP contribution in [0, 0.1) is 5.82 Å². The molecule has 4 nitrogen and oxygen atoms in total. The van der Waals surface area contributed by atoms with E-state index in [1.54, 1.807) is 12.1 Å². The molecule has 0 N–H and O–H groups in total. The molecule has 3 aromatic rings. The van der Waals surface area contributed by atoms with Gasteiger partial charge in [0.15, 0.2) is 0 Å². The zero-order chi connectivity index (χ0) is 18.6. The Labute approximate surface area is 159 Å². The summed E-state index contributed by atoms with van der Waals surface area (Å²) in [6.45, 7) is 6.00. The summed E-state index contributed by atoms with van der Waals surface area (Å²) in [6, 6.07) is 12.8. The molecule has 2 aromatic heterocycles. The first-order valence-electron chi connectivity index (χ1n) is 9.69. The van der Waals surface area contributed by atoms with Gasteiger partial charge in [0.25, 0.3) is 0 Å². The Bertz CT molecular complexity index is 905. The van der Waals surface area contributed by atoms with Gasteiger partial charge in [0.2, 0.25) is 0 Å². The lowest BCUT2D eigenvalue weighted by molar-refractivity contribution is 0.192. The Kier molecular flexibility index (Phi) is 5.30. The second kappa shape index (κ2) is 8.01. The van der Waals surface area contributed by atoms with Crippen molar-refractivity contribution >= 4 is 0 Å². The number of halogens is 1. The maximum atomic E-state index is 14.1. The minimum Gasteiger partial charge on any atom is -0.334 e. The maximum absolute atomic E-state index is 14.1. The average molecular weight is 364 g/mol. The number of piperidine rings is 1. The third-order valence-electron chi connectivity index (χ3n) is 5.35. The molecule has 0 bridgehead atoms. The molecule has 1 unspecified atom stereocenters. The number of hydrogen-bond acceptors (Lipinski definition) is 3. The van der Waals surface area contributed by atoms with E-state index in [2.05, 4.69) is 27.4 Å². The van der Waals surface area contributed by atoms with E-state index in [1.807, 2.05) is 30.6 Å². The Morgan fingerprint density at radius 3 is 2.89 bits per heavy atom. The molecule has 1 aliphatic heterocycles. The van der Waals surface area contributed by atoms with Crippen molar-refractivity contribution in [1.82, 2.24) is 19.4 Å². The molecule has 1 aromatic carbocycles. The first kappa shape index (κ1) is 17.9. The van der Waals surface area contributed by atoms with Crippen LogP contribution in [0.1, 0.15) is 37.2 Å². The van der Waals surface area contributed by atoms with Crippen molar-refractivity contribution in [3.63, 3.8) is 0 Å². The molecule has 140 valence electrons. The van der Waals surface area contributed by atoms with Crippen LogP contribution in [0.15, 0.2) is 54.9 Å². The second-order valence-electron chi connectivity index (χ2n) is 7.13. The van der Waals surface area contributed by atoms with Crippen LogP contribution in [-0.2, 0) is 13.1 Å². The molecule has 0 amide bonds. The summed E-state index contributed by atoms with van der Waals surface area (Å²) in [4.78, 5) is 11.8. The lowest BCUT2D eigenvalue weighted by atomic mass is 9.93. The molecule has 1 saturated heterocycles. The topological polar surface area (TPSA) is 34.0 Å². The van der Waals surface area contributed by atoms with Crippen molar-refractivity contribution in [3.8, 4) is 11.3 Å². The van der Waals surface area contributed by atoms with Gasteiger partial charge >= 0.3 is 0 Å². The summed E-state index contributed by atoms with van der Waals surface area (Å²) in [5.41, 5.74) is 2.33. The smallest absolute Gasteiger partial charge is 0.132 e. The monoisotopic (exact) mass is 364 g/mol. The van der Waals surface area contributed by atoms with Crippen LogP contribution in [-0.4, -0.2) is 32.5 Å². The van der Waals surface area contributed by atoms with Gasteiger partial charge in [0.05, 0.1) is 12.2 Å². The number of pyridine rings is 1. The molecule has 1 atom stereocenters. The van der Waals surface area contributed by atoms with Gasteiger partial charge in [-0.2, -0.15) is 0 Å². The lowest BCUT2D eigenvalue weighted by Crippen LogP contribution is -2.35. The van der Waals surface area contributed by atoms with Gasteiger partial charge in [-0.1, -0.05) is 18.2 Å². The lowest BCUT2D eigenvalue weighted by Gasteiger charge is -2.32. The second-order valence-corrected chi connectivity index (χ2v) is 7.13. The van der Waals surface area contributed by atoms with E-state index in [9.17, 15) is 4.39 Å². The molecule has 3 heterocycles. The van der Waals surface area contributed by atoms with Crippen molar-refractivity contribution in [2.24, 2.45) is 0 Å². The summed E-state index contributed by atoms with van der Waals surface area (Å²) in [7, 11) is 0. The highest BCUT2D eigenvalue weighted by Crippen LogP contribution is 2.29. The zero-order valence-corrected chi connectivity index (χ0v) is 15.7. The Balaban J connectivity index is 1.52. The molecule has 1 aliphatic rings. The molecule has 0 spiro atoms. The molecule has 1 fully saturated rings. The molecular weight excluding hydrogens is 339 g/mol. The van der Waals surface area contributed by atoms with Crippen LogP contribution in [0.2, 0.25) is 0 Å². The van der Waals surface area contributed by atoms with E-state index >= 15 is 0 Å². The van der Waals surface area contributed by atoms with Crippen LogP contribution in [0.3, 0.4) is 0 Å². The minimum absolute atomic E-state index is 0.223. The van der Waals surface area contributed by atoms with Crippen molar-refractivity contribution in [2.45, 2.75) is 38.8 Å². The maximum Gasteiger partial charge on any atom is 0.132 e. The van der Waals surface area contributed by atoms with Crippen LogP contribution in [0.5, 0.6) is 0 Å². The van der Waals surface area contributed by atoms with E-state index in [0.717, 1.165) is 50.5 Å². The normalized spacial score (nSPS) is 17.9. The van der Waals surface area contributed by atoms with Gasteiger partial charge < -0.3 is 4.57 Å². The van der Waals surface area contributed by atoms with E-state index in [1.165, 1.54) is 6.07 Å². The van der Waals surface area contributed by atoms with Gasteiger partial charge in [-0.15, -0.1) is 0 Å². The van der Waals surface area contributed by atoms with E-state index < -0.39 is 0 Å². The number of nitrogens with zero attached hydrogens (tertiary/aromatic N) is 4. The van der Waals surface area contributed by atoms with Crippen LogP contribution in [0.25, 0.3) is 11.3 Å². The van der Waals surface area contributed by atoms with E-state index in [4.69, 9.17) is 4.98 Å². The van der Waals surface area contributed by atoms with Gasteiger partial charge in [-0.05, 0) is 50.6 Å². The highest BCUT2D eigenvalue weighted by molar-refractivity contribution is 5.59. The SMILES string of the molecule is CCn1ccnc1CN1CCCC(c2cccc(-c3ccccc3F)n2)C1. The van der Waals surface area contributed by atoms with Crippen LogP contribution in [0.4, 0.5) is 4.39 Å². The number of benzene rings is 1. The van der Waals surface area contributed by atoms with Crippen molar-refractivity contribution in [1.29, 1.82) is 0 Å². The predicted molar refractivity (Wildman–Crippen MR) is 105 cm³/mol. The molecule has 0 saturated carbocycles. The summed E-state index contributed by atoms with van der Waals surface area (Å²) < 4.78 is 16.3. The van der Waals surface area contributed by atoms with Gasteiger partial charge in [0.1, 0.15) is 11.6 Å². The number of rotatable bonds is 5. The fraction of sp³-hybridized carbons (Fsp3) is 0.364. The van der Waals surface area contributed by atoms with Crippen LogP contribution >= 0.6 is 0 Å². The summed E-state index contributed by atoms with van der Waals surface area (Å²) in [6.07, 6.45) is 6.17. The molecule has 27 heavy (non-hydrogen) atoms. The highest BCUT2D eigenvalue weighted by Gasteiger charge is 2.23. The third kappa shape index (κ3) is 3.93. The Morgan fingerprint density at radius 2 is 2.04 bits per heavy atom. The zero-order valence-electron chi connectivity index (χ0n) is 15.7. The molecule has 4 rings (SSSR count). The quantitative estimate of drug-likeness (QED) is 0.669. The minimum atomic E-state index is -0.223. The molecular formula is C22H25FN4. The fourth-order valence-corrected chi connectivity index (χ4v) is 3.92. The van der Waals surface area contributed by atoms with Gasteiger partial charge in [-0.3, -0.25) is 9.88 Å². The van der Waals surface area contributed by atoms with E-state index in [-0.39, 0.29) is 5.82 Å². The van der Waals surface area contributed by atoms with Crippen LogP contribution < -0.4 is 0 Å². The first-order chi connectivity index (χ1) is 13.2. The van der Waals surface area contributed by atoms with Gasteiger partial charge in [0, 0.05) is 42.7 Å². The highest BCUT2D eigenvalue weighted by atomic mass is 19.1. The molecule has 0 aliphatic carbocycles. The number of imidazole rings is 1. The van der Waals surface area contributed by atoms with Gasteiger partial charge in [-0.25, -0.2) is 9.37 Å². The summed E-state index contributed by atoms with van der Waals surface area (Å²) >= 11 is 0. The molecule has 5 heteroatoms. The Hall–Kier alpha value is -2.53. The number of hydrogen-bond donors (Lipinski definition) is 0. The van der Waals surface area contributed by atoms with E-state index in [0.29, 0.717) is 17.2 Å².